The SMILES string of the molecule is C#Cc1csc2cncc(C(C#N)NC=O)c12.CC1CN(C(=O)C[C@@H](C)OC2(C3CC3)CC2)CC1(C)C.NC(=O)C(F)(F)F. The number of nitrogens with one attached hydrogen (secondary N) is 1. The zero-order chi connectivity index (χ0) is 32.9. The summed E-state index contributed by atoms with van der Waals surface area (Å²) in [5, 5.41) is 14.1. The summed E-state index contributed by atoms with van der Waals surface area (Å²) in [5.74, 6) is 1.97. The van der Waals surface area contributed by atoms with Crippen LogP contribution in [0.15, 0.2) is 17.8 Å². The van der Waals surface area contributed by atoms with Crippen LogP contribution in [-0.2, 0) is 19.1 Å². The van der Waals surface area contributed by atoms with Crippen molar-refractivity contribution in [3.63, 3.8) is 0 Å². The molecule has 3 heterocycles. The van der Waals surface area contributed by atoms with Gasteiger partial charge in [0.25, 0.3) is 0 Å². The lowest BCUT2D eigenvalue weighted by molar-refractivity contribution is -0.169. The van der Waals surface area contributed by atoms with Gasteiger partial charge >= 0.3 is 12.1 Å². The number of alkyl halides is 3. The molecule has 238 valence electrons. The number of amides is 3. The Bertz CT molecular complexity index is 1440. The van der Waals surface area contributed by atoms with Crippen molar-refractivity contribution in [3.05, 3.63) is 28.9 Å². The number of ether oxygens (including phenoxy) is 1. The molecule has 2 aromatic heterocycles. The predicted octanol–water partition coefficient (Wildman–Crippen LogP) is 4.85. The Hall–Kier alpha value is -3.68. The Kier molecular flexibility index (Phi) is 11.0. The lowest BCUT2D eigenvalue weighted by Gasteiger charge is -2.25. The maximum Gasteiger partial charge on any atom is 0.470 e. The summed E-state index contributed by atoms with van der Waals surface area (Å²) in [4.78, 5) is 38.1. The number of terminal acetylenes is 1. The Morgan fingerprint density at radius 3 is 2.43 bits per heavy atom. The summed E-state index contributed by atoms with van der Waals surface area (Å²) >= 11 is 1.47. The number of pyridine rings is 1. The van der Waals surface area contributed by atoms with E-state index < -0.39 is 18.1 Å². The second kappa shape index (κ2) is 14.0. The van der Waals surface area contributed by atoms with Crippen LogP contribution in [0.25, 0.3) is 10.1 Å². The topological polar surface area (TPSA) is 138 Å². The van der Waals surface area contributed by atoms with Gasteiger partial charge in [0.05, 0.1) is 28.9 Å². The van der Waals surface area contributed by atoms with E-state index in [9.17, 15) is 22.8 Å². The second-order valence-electron chi connectivity index (χ2n) is 12.2. The number of primary amides is 1. The zero-order valence-corrected chi connectivity index (χ0v) is 26.1. The van der Waals surface area contributed by atoms with Crippen LogP contribution in [0, 0.1) is 40.9 Å². The number of aromatic nitrogens is 1. The van der Waals surface area contributed by atoms with E-state index in [4.69, 9.17) is 21.2 Å². The predicted molar refractivity (Wildman–Crippen MR) is 160 cm³/mol. The van der Waals surface area contributed by atoms with E-state index >= 15 is 0 Å². The first-order chi connectivity index (χ1) is 20.6. The summed E-state index contributed by atoms with van der Waals surface area (Å²) in [6.45, 7) is 10.7. The molecule has 3 amide bonds. The highest BCUT2D eigenvalue weighted by Crippen LogP contribution is 2.57. The smallest absolute Gasteiger partial charge is 0.371 e. The molecule has 44 heavy (non-hydrogen) atoms. The first-order valence-corrected chi connectivity index (χ1v) is 15.2. The van der Waals surface area contributed by atoms with Crippen molar-refractivity contribution < 1.29 is 32.3 Å². The number of halogens is 3. The van der Waals surface area contributed by atoms with Gasteiger partial charge in [-0.05, 0) is 49.9 Å². The summed E-state index contributed by atoms with van der Waals surface area (Å²) in [6.07, 6.45) is 10.0. The number of likely N-dealkylation sites (tertiary alicyclic amines) is 1. The highest BCUT2D eigenvalue weighted by Gasteiger charge is 2.56. The van der Waals surface area contributed by atoms with Crippen LogP contribution in [0.2, 0.25) is 0 Å². The van der Waals surface area contributed by atoms with Crippen molar-refractivity contribution in [1.82, 2.24) is 15.2 Å². The summed E-state index contributed by atoms with van der Waals surface area (Å²) in [7, 11) is 0. The van der Waals surface area contributed by atoms with Gasteiger partial charge in [-0.15, -0.1) is 17.8 Å². The fourth-order valence-corrected chi connectivity index (χ4v) is 6.16. The molecule has 0 bridgehead atoms. The second-order valence-corrected chi connectivity index (χ2v) is 13.2. The minimum atomic E-state index is -4.86. The molecule has 9 nitrogen and oxygen atoms in total. The van der Waals surface area contributed by atoms with Crippen molar-refractivity contribution in [2.24, 2.45) is 23.0 Å². The van der Waals surface area contributed by atoms with Gasteiger partial charge in [0.1, 0.15) is 6.04 Å². The molecule has 13 heteroatoms. The average molecular weight is 634 g/mol. The minimum Gasteiger partial charge on any atom is -0.371 e. The van der Waals surface area contributed by atoms with Crippen molar-refractivity contribution in [1.29, 1.82) is 5.26 Å². The van der Waals surface area contributed by atoms with Crippen LogP contribution in [0.1, 0.15) is 77.0 Å². The molecular weight excluding hydrogens is 595 g/mol. The lowest BCUT2D eigenvalue weighted by atomic mass is 9.84. The number of thiophene rings is 1. The zero-order valence-electron chi connectivity index (χ0n) is 25.2. The number of hydrogen-bond donors (Lipinski definition) is 2. The van der Waals surface area contributed by atoms with Gasteiger partial charge in [-0.1, -0.05) is 26.7 Å². The molecule has 5 rings (SSSR count). The minimum absolute atomic E-state index is 0.0737. The molecule has 1 saturated heterocycles. The van der Waals surface area contributed by atoms with Crippen LogP contribution in [0.3, 0.4) is 0 Å². The first kappa shape index (κ1) is 34.8. The van der Waals surface area contributed by atoms with Gasteiger partial charge in [-0.2, -0.15) is 18.4 Å². The number of carbonyl (C=O) groups excluding carboxylic acids is 3. The van der Waals surface area contributed by atoms with E-state index in [0.717, 1.165) is 34.7 Å². The van der Waals surface area contributed by atoms with E-state index in [1.807, 2.05) is 16.3 Å². The fourth-order valence-electron chi connectivity index (χ4n) is 5.26. The number of hydrogen-bond acceptors (Lipinski definition) is 7. The standard InChI is InChI=1S/C17H29NO2.C12H7N3OS.C2H2F3NO/c1-12-10-18(11-16(12,3)4)15(19)9-13(2)20-17(7-8-17)14-5-6-14;1-2-8-6-17-11-5-14-4-9(12(8)11)10(3-13)15-7-16;3-2(4,5)1(6)7/h12-14H,5-11H2,1-4H3;1,4-7,10H,(H,15,16);(H2,6,7)/t12?,13-;;/m1../s1. The van der Waals surface area contributed by atoms with Crippen LogP contribution < -0.4 is 11.1 Å². The summed E-state index contributed by atoms with van der Waals surface area (Å²) in [5.41, 5.74) is 5.59. The molecule has 3 fully saturated rings. The van der Waals surface area contributed by atoms with Gasteiger partial charge in [-0.25, -0.2) is 0 Å². The van der Waals surface area contributed by atoms with Gasteiger partial charge in [0.2, 0.25) is 12.3 Å². The van der Waals surface area contributed by atoms with Gasteiger partial charge in [0.15, 0.2) is 0 Å². The highest BCUT2D eigenvalue weighted by molar-refractivity contribution is 7.17. The van der Waals surface area contributed by atoms with Gasteiger partial charge in [-0.3, -0.25) is 19.4 Å². The number of nitriles is 1. The van der Waals surface area contributed by atoms with Gasteiger partial charge < -0.3 is 20.7 Å². The molecule has 1 aliphatic heterocycles. The molecule has 3 aliphatic rings. The number of fused-ring (bicyclic) bond motifs is 1. The normalized spacial score (nSPS) is 20.8. The third-order valence-corrected chi connectivity index (χ3v) is 9.28. The summed E-state index contributed by atoms with van der Waals surface area (Å²) in [6, 6.07) is 1.28. The molecule has 2 aliphatic carbocycles. The number of nitrogens with two attached hydrogens (primary N) is 1. The van der Waals surface area contributed by atoms with Crippen molar-refractivity contribution in [2.75, 3.05) is 13.1 Å². The molecule has 0 radical (unpaired) electrons. The summed E-state index contributed by atoms with van der Waals surface area (Å²) < 4.78 is 39.3. The number of rotatable bonds is 8. The largest absolute Gasteiger partial charge is 0.470 e. The molecule has 2 saturated carbocycles. The molecule has 0 spiro atoms. The van der Waals surface area contributed by atoms with Crippen molar-refractivity contribution in [2.45, 2.75) is 83.7 Å². The van der Waals surface area contributed by atoms with Crippen molar-refractivity contribution >= 4 is 39.6 Å². The van der Waals surface area contributed by atoms with Crippen LogP contribution in [0.4, 0.5) is 13.2 Å². The Labute approximate surface area is 259 Å². The maximum absolute atomic E-state index is 12.4. The Morgan fingerprint density at radius 1 is 1.34 bits per heavy atom. The van der Waals surface area contributed by atoms with E-state index in [1.54, 1.807) is 12.4 Å². The molecule has 0 aromatic carbocycles. The Morgan fingerprint density at radius 2 is 1.98 bits per heavy atom. The monoisotopic (exact) mass is 633 g/mol. The third-order valence-electron chi connectivity index (χ3n) is 8.36. The fraction of sp³-hybridized carbons (Fsp3) is 0.581. The van der Waals surface area contributed by atoms with Gasteiger partial charge in [0, 0.05) is 47.4 Å². The van der Waals surface area contributed by atoms with E-state index in [1.165, 1.54) is 37.0 Å². The number of carbonyl (C=O) groups is 3. The molecule has 3 atom stereocenters. The van der Waals surface area contributed by atoms with Crippen LogP contribution in [0.5, 0.6) is 0 Å². The molecule has 3 N–H and O–H groups in total. The van der Waals surface area contributed by atoms with Crippen molar-refractivity contribution in [3.8, 4) is 18.4 Å². The average Bonchev–Trinajstić information content (AvgIpc) is 3.87. The third kappa shape index (κ3) is 8.70. The lowest BCUT2D eigenvalue weighted by Crippen LogP contribution is -2.34. The molecule has 2 unspecified atom stereocenters. The van der Waals surface area contributed by atoms with E-state index in [0.29, 0.717) is 24.3 Å². The maximum atomic E-state index is 12.4. The molecule has 2 aromatic rings. The first-order valence-electron chi connectivity index (χ1n) is 14.3. The quantitative estimate of drug-likeness (QED) is 0.315. The Balaban J connectivity index is 0.000000201. The van der Waals surface area contributed by atoms with Crippen LogP contribution >= 0.6 is 11.3 Å². The molecular formula is C31H38F3N5O4S. The van der Waals surface area contributed by atoms with E-state index in [2.05, 4.69) is 49.6 Å². The van der Waals surface area contributed by atoms with Crippen LogP contribution in [-0.4, -0.2) is 59.1 Å². The highest BCUT2D eigenvalue weighted by atomic mass is 32.1. The number of nitrogens with zero attached hydrogens (tertiary/aromatic N) is 3. The van der Waals surface area contributed by atoms with E-state index in [-0.39, 0.29) is 23.0 Å².